The standard InChI is InChI=1S/C14H19N3O4/c1-15-11-7-4-5-9(13(11)17(20)21)14(19)16-10-6-2-3-8-12(10)18/h4-5,7,10,12,15,18H,2-3,6,8H2,1H3,(H,16,19). The molecule has 1 aromatic carbocycles. The van der Waals surface area contributed by atoms with Crippen molar-refractivity contribution in [2.75, 3.05) is 12.4 Å². The van der Waals surface area contributed by atoms with Crippen molar-refractivity contribution in [3.8, 4) is 0 Å². The third-order valence-corrected chi connectivity index (χ3v) is 3.78. The molecule has 1 aliphatic rings. The summed E-state index contributed by atoms with van der Waals surface area (Å²) < 4.78 is 0. The van der Waals surface area contributed by atoms with Crippen LogP contribution in [0.2, 0.25) is 0 Å². The summed E-state index contributed by atoms with van der Waals surface area (Å²) in [5.74, 6) is -0.523. The smallest absolute Gasteiger partial charge is 0.305 e. The van der Waals surface area contributed by atoms with Crippen molar-refractivity contribution < 1.29 is 14.8 Å². The molecular formula is C14H19N3O4. The number of amides is 1. The summed E-state index contributed by atoms with van der Waals surface area (Å²) in [5, 5.41) is 26.5. The molecule has 3 N–H and O–H groups in total. The highest BCUT2D eigenvalue weighted by molar-refractivity contribution is 6.00. The lowest BCUT2D eigenvalue weighted by atomic mass is 9.92. The molecule has 21 heavy (non-hydrogen) atoms. The molecule has 2 atom stereocenters. The van der Waals surface area contributed by atoms with Crippen LogP contribution in [0, 0.1) is 10.1 Å². The third-order valence-electron chi connectivity index (χ3n) is 3.78. The molecule has 114 valence electrons. The van der Waals surface area contributed by atoms with E-state index in [1.807, 2.05) is 0 Å². The molecule has 0 heterocycles. The van der Waals surface area contributed by atoms with Crippen LogP contribution in [-0.2, 0) is 0 Å². The number of nitrogens with one attached hydrogen (secondary N) is 2. The molecular weight excluding hydrogens is 274 g/mol. The van der Waals surface area contributed by atoms with Crippen molar-refractivity contribution in [2.45, 2.75) is 37.8 Å². The van der Waals surface area contributed by atoms with Gasteiger partial charge in [0.25, 0.3) is 5.91 Å². The molecule has 2 unspecified atom stereocenters. The SMILES string of the molecule is CNc1cccc(C(=O)NC2CCCCC2O)c1[N+](=O)[O-]. The highest BCUT2D eigenvalue weighted by Gasteiger charge is 2.29. The Balaban J connectivity index is 2.24. The molecule has 1 fully saturated rings. The summed E-state index contributed by atoms with van der Waals surface area (Å²) in [7, 11) is 1.56. The van der Waals surface area contributed by atoms with Gasteiger partial charge in [0.2, 0.25) is 0 Å². The van der Waals surface area contributed by atoms with Gasteiger partial charge in [-0.2, -0.15) is 0 Å². The molecule has 0 radical (unpaired) electrons. The zero-order chi connectivity index (χ0) is 15.4. The van der Waals surface area contributed by atoms with Crippen molar-refractivity contribution in [1.29, 1.82) is 0 Å². The quantitative estimate of drug-likeness (QED) is 0.578. The van der Waals surface area contributed by atoms with Gasteiger partial charge in [-0.1, -0.05) is 18.9 Å². The van der Waals surface area contributed by atoms with Gasteiger partial charge in [0.05, 0.1) is 17.1 Å². The Morgan fingerprint density at radius 3 is 2.71 bits per heavy atom. The molecule has 1 aromatic rings. The first-order valence-corrected chi connectivity index (χ1v) is 6.98. The van der Waals surface area contributed by atoms with Crippen molar-refractivity contribution in [3.05, 3.63) is 33.9 Å². The molecule has 0 aliphatic heterocycles. The van der Waals surface area contributed by atoms with E-state index in [1.165, 1.54) is 6.07 Å². The number of anilines is 1. The fourth-order valence-corrected chi connectivity index (χ4v) is 2.65. The normalized spacial score (nSPS) is 21.6. The van der Waals surface area contributed by atoms with Gasteiger partial charge < -0.3 is 15.7 Å². The molecule has 7 heteroatoms. The third kappa shape index (κ3) is 3.30. The number of aliphatic hydroxyl groups excluding tert-OH is 1. The Hall–Kier alpha value is -2.15. The first-order valence-electron chi connectivity index (χ1n) is 6.98. The molecule has 0 bridgehead atoms. The molecule has 1 amide bonds. The van der Waals surface area contributed by atoms with Gasteiger partial charge in [0.15, 0.2) is 0 Å². The van der Waals surface area contributed by atoms with Crippen LogP contribution in [0.5, 0.6) is 0 Å². The minimum Gasteiger partial charge on any atom is -0.391 e. The molecule has 0 saturated heterocycles. The maximum absolute atomic E-state index is 12.3. The number of carbonyl (C=O) groups excluding carboxylic acids is 1. The second-order valence-electron chi connectivity index (χ2n) is 5.14. The summed E-state index contributed by atoms with van der Waals surface area (Å²) in [6, 6.07) is 4.21. The number of rotatable bonds is 4. The summed E-state index contributed by atoms with van der Waals surface area (Å²) in [4.78, 5) is 22.9. The predicted octanol–water partition coefficient (Wildman–Crippen LogP) is 1.67. The van der Waals surface area contributed by atoms with E-state index in [2.05, 4.69) is 10.6 Å². The first-order chi connectivity index (χ1) is 10.0. The molecule has 1 saturated carbocycles. The Labute approximate surface area is 122 Å². The second-order valence-corrected chi connectivity index (χ2v) is 5.14. The van der Waals surface area contributed by atoms with Gasteiger partial charge in [-0.05, 0) is 25.0 Å². The van der Waals surface area contributed by atoms with Crippen LogP contribution >= 0.6 is 0 Å². The van der Waals surface area contributed by atoms with Crippen LogP contribution < -0.4 is 10.6 Å². The first kappa shape index (κ1) is 15.2. The van der Waals surface area contributed by atoms with E-state index in [9.17, 15) is 20.0 Å². The van der Waals surface area contributed by atoms with Gasteiger partial charge in [0, 0.05) is 7.05 Å². The summed E-state index contributed by atoms with van der Waals surface area (Å²) >= 11 is 0. The Kier molecular flexibility index (Phi) is 4.74. The second kappa shape index (κ2) is 6.53. The Bertz CT molecular complexity index is 547. The fraction of sp³-hybridized carbons (Fsp3) is 0.500. The maximum Gasteiger partial charge on any atom is 0.305 e. The van der Waals surface area contributed by atoms with E-state index in [-0.39, 0.29) is 23.0 Å². The van der Waals surface area contributed by atoms with E-state index in [0.717, 1.165) is 12.8 Å². The van der Waals surface area contributed by atoms with Crippen molar-refractivity contribution >= 4 is 17.3 Å². The lowest BCUT2D eigenvalue weighted by Crippen LogP contribution is -2.45. The van der Waals surface area contributed by atoms with Gasteiger partial charge >= 0.3 is 5.69 Å². The fourth-order valence-electron chi connectivity index (χ4n) is 2.65. The van der Waals surface area contributed by atoms with Crippen molar-refractivity contribution in [3.63, 3.8) is 0 Å². The van der Waals surface area contributed by atoms with Crippen LogP contribution in [0.4, 0.5) is 11.4 Å². The number of nitrogens with zero attached hydrogens (tertiary/aromatic N) is 1. The Morgan fingerprint density at radius 2 is 2.10 bits per heavy atom. The van der Waals surface area contributed by atoms with Gasteiger partial charge in [-0.3, -0.25) is 14.9 Å². The number of benzene rings is 1. The molecule has 7 nitrogen and oxygen atoms in total. The molecule has 0 aromatic heterocycles. The number of hydrogen-bond donors (Lipinski definition) is 3. The number of para-hydroxylation sites is 1. The lowest BCUT2D eigenvalue weighted by molar-refractivity contribution is -0.384. The predicted molar refractivity (Wildman–Crippen MR) is 78.4 cm³/mol. The molecule has 2 rings (SSSR count). The zero-order valence-electron chi connectivity index (χ0n) is 11.8. The average Bonchev–Trinajstić information content (AvgIpc) is 2.48. The minimum atomic E-state index is -0.589. The van der Waals surface area contributed by atoms with Crippen LogP contribution in [0.1, 0.15) is 36.0 Å². The van der Waals surface area contributed by atoms with Crippen LogP contribution in [0.25, 0.3) is 0 Å². The van der Waals surface area contributed by atoms with E-state index in [1.54, 1.807) is 19.2 Å². The summed E-state index contributed by atoms with van der Waals surface area (Å²) in [6.45, 7) is 0. The van der Waals surface area contributed by atoms with E-state index in [0.29, 0.717) is 12.8 Å². The Morgan fingerprint density at radius 1 is 1.38 bits per heavy atom. The van der Waals surface area contributed by atoms with Gasteiger partial charge in [-0.25, -0.2) is 0 Å². The van der Waals surface area contributed by atoms with E-state index < -0.39 is 16.9 Å². The summed E-state index contributed by atoms with van der Waals surface area (Å²) in [5.41, 5.74) is 0.0456. The minimum absolute atomic E-state index is 0.00428. The number of nitro groups is 1. The largest absolute Gasteiger partial charge is 0.391 e. The van der Waals surface area contributed by atoms with Crippen LogP contribution in [0.3, 0.4) is 0 Å². The van der Waals surface area contributed by atoms with Gasteiger partial charge in [0.1, 0.15) is 11.3 Å². The van der Waals surface area contributed by atoms with E-state index >= 15 is 0 Å². The van der Waals surface area contributed by atoms with Gasteiger partial charge in [-0.15, -0.1) is 0 Å². The highest BCUT2D eigenvalue weighted by Crippen LogP contribution is 2.28. The van der Waals surface area contributed by atoms with Crippen molar-refractivity contribution in [2.24, 2.45) is 0 Å². The van der Waals surface area contributed by atoms with Crippen molar-refractivity contribution in [1.82, 2.24) is 5.32 Å². The average molecular weight is 293 g/mol. The summed E-state index contributed by atoms with van der Waals surface area (Å²) in [6.07, 6.45) is 2.61. The highest BCUT2D eigenvalue weighted by atomic mass is 16.6. The van der Waals surface area contributed by atoms with Crippen LogP contribution in [0.15, 0.2) is 18.2 Å². The van der Waals surface area contributed by atoms with E-state index in [4.69, 9.17) is 0 Å². The monoisotopic (exact) mass is 293 g/mol. The molecule has 1 aliphatic carbocycles. The number of carbonyl (C=O) groups is 1. The number of hydrogen-bond acceptors (Lipinski definition) is 5. The van der Waals surface area contributed by atoms with Crippen LogP contribution in [-0.4, -0.2) is 35.1 Å². The zero-order valence-corrected chi connectivity index (χ0v) is 11.8. The molecule has 0 spiro atoms. The number of nitro benzene ring substituents is 1. The number of aliphatic hydroxyl groups is 1. The lowest BCUT2D eigenvalue weighted by Gasteiger charge is -2.28. The maximum atomic E-state index is 12.3. The topological polar surface area (TPSA) is 104 Å².